The number of hydrogen-bond acceptors (Lipinski definition) is 2. The predicted octanol–water partition coefficient (Wildman–Crippen LogP) is 1.21. The fourth-order valence-electron chi connectivity index (χ4n) is 0.662. The van der Waals surface area contributed by atoms with Crippen LogP contribution in [0.2, 0.25) is 0 Å². The number of carbonyl (C=O) groups is 1. The number of thioether (sulfide) groups is 1. The van der Waals surface area contributed by atoms with Crippen molar-refractivity contribution in [2.24, 2.45) is 0 Å². The predicted molar refractivity (Wildman–Crippen MR) is 52.0 cm³/mol. The summed E-state index contributed by atoms with van der Waals surface area (Å²) < 4.78 is 0. The van der Waals surface area contributed by atoms with Crippen molar-refractivity contribution < 1.29 is 9.90 Å². The molecule has 0 aliphatic rings. The first-order valence-electron chi connectivity index (χ1n) is 3.18. The summed E-state index contributed by atoms with van der Waals surface area (Å²) in [5.74, 6) is -0.650. The van der Waals surface area contributed by atoms with Gasteiger partial charge < -0.3 is 5.11 Å². The molecule has 0 aliphatic heterocycles. The fraction of sp³-hybridized carbons (Fsp3) is 0.125. The third-order valence-electron chi connectivity index (χ3n) is 1.11. The average molecular weight is 208 g/mol. The van der Waals surface area contributed by atoms with Gasteiger partial charge in [0.15, 0.2) is 0 Å². The van der Waals surface area contributed by atoms with E-state index in [1.165, 1.54) is 11.8 Å². The zero-order valence-electron chi connectivity index (χ0n) is 5.86. The second-order valence-electron chi connectivity index (χ2n) is 2.00. The number of carboxylic acid groups (broad SMARTS) is 1. The second-order valence-corrected chi connectivity index (χ2v) is 3.04. The van der Waals surface area contributed by atoms with Gasteiger partial charge in [0, 0.05) is 4.90 Å². The summed E-state index contributed by atoms with van der Waals surface area (Å²) in [5.41, 5.74) is 0. The van der Waals surface area contributed by atoms with Crippen LogP contribution in [0.5, 0.6) is 0 Å². The van der Waals surface area contributed by atoms with E-state index in [-0.39, 0.29) is 57.1 Å². The van der Waals surface area contributed by atoms with Gasteiger partial charge in [-0.3, -0.25) is 4.79 Å². The van der Waals surface area contributed by atoms with E-state index in [0.29, 0.717) is 0 Å². The van der Waals surface area contributed by atoms with Gasteiger partial charge in [-0.25, -0.2) is 0 Å². The summed E-state index contributed by atoms with van der Waals surface area (Å²) >= 11 is 1.33. The Morgan fingerprint density at radius 3 is 2.42 bits per heavy atom. The Balaban J connectivity index is 0.00000121. The first-order valence-corrected chi connectivity index (χ1v) is 4.17. The molecule has 1 N–H and O–H groups in total. The van der Waals surface area contributed by atoms with Gasteiger partial charge in [0.1, 0.15) is 0 Å². The molecule has 0 fully saturated rings. The molecule has 0 bridgehead atoms. The van der Waals surface area contributed by atoms with E-state index in [1.807, 2.05) is 30.3 Å². The molecule has 0 aromatic heterocycles. The minimum absolute atomic E-state index is 0. The molecule has 4 heteroatoms. The summed E-state index contributed by atoms with van der Waals surface area (Å²) in [5, 5.41) is 8.35. The maximum atomic E-state index is 10.2. The molecule has 1 aromatic rings. The second kappa shape index (κ2) is 7.12. The van der Waals surface area contributed by atoms with Crippen LogP contribution in [0.15, 0.2) is 35.2 Å². The maximum absolute atomic E-state index is 10.2. The van der Waals surface area contributed by atoms with Gasteiger partial charge in [0.05, 0.1) is 5.75 Å². The molecule has 2 nitrogen and oxygen atoms in total. The third-order valence-corrected chi connectivity index (χ3v) is 2.10. The summed E-state index contributed by atoms with van der Waals surface area (Å²) in [6.45, 7) is 0. The number of hydrogen-bond donors (Lipinski definition) is 1. The van der Waals surface area contributed by atoms with Gasteiger partial charge in [-0.15, -0.1) is 11.8 Å². The molecular formula is C8H9KO2S. The topological polar surface area (TPSA) is 37.3 Å². The van der Waals surface area contributed by atoms with Crippen molar-refractivity contribution in [2.75, 3.05) is 5.75 Å². The van der Waals surface area contributed by atoms with Crippen LogP contribution in [0.1, 0.15) is 0 Å². The van der Waals surface area contributed by atoms with Crippen LogP contribution in [0.4, 0.5) is 0 Å². The van der Waals surface area contributed by atoms with Crippen LogP contribution in [0.3, 0.4) is 0 Å². The molecule has 0 saturated carbocycles. The third kappa shape index (κ3) is 5.34. The molecule has 0 radical (unpaired) electrons. The zero-order chi connectivity index (χ0) is 8.10. The average Bonchev–Trinajstić information content (AvgIpc) is 2.03. The molecule has 12 heavy (non-hydrogen) atoms. The Kier molecular flexibility index (Phi) is 7.52. The van der Waals surface area contributed by atoms with Crippen molar-refractivity contribution in [1.82, 2.24) is 0 Å². The van der Waals surface area contributed by atoms with Crippen molar-refractivity contribution in [3.05, 3.63) is 30.3 Å². The molecule has 1 rings (SSSR count). The summed E-state index contributed by atoms with van der Waals surface area (Å²) in [6.07, 6.45) is 0. The van der Waals surface area contributed by atoms with Gasteiger partial charge in [-0.2, -0.15) is 0 Å². The fourth-order valence-corrected chi connectivity index (χ4v) is 1.30. The van der Waals surface area contributed by atoms with Gasteiger partial charge in [0.2, 0.25) is 0 Å². The Morgan fingerprint density at radius 2 is 1.92 bits per heavy atom. The summed E-state index contributed by atoms with van der Waals surface area (Å²) in [7, 11) is 0. The zero-order valence-corrected chi connectivity index (χ0v) is 6.67. The van der Waals surface area contributed by atoms with Crippen LogP contribution in [-0.2, 0) is 4.79 Å². The van der Waals surface area contributed by atoms with Crippen LogP contribution in [0, 0.1) is 0 Å². The molecule has 0 aliphatic carbocycles. The van der Waals surface area contributed by atoms with E-state index >= 15 is 0 Å². The van der Waals surface area contributed by atoms with Crippen molar-refractivity contribution >= 4 is 69.1 Å². The number of benzene rings is 1. The Bertz CT molecular complexity index is 238. The van der Waals surface area contributed by atoms with Gasteiger partial charge in [0.25, 0.3) is 0 Å². The van der Waals surface area contributed by atoms with Crippen LogP contribution in [0.25, 0.3) is 0 Å². The summed E-state index contributed by atoms with van der Waals surface area (Å²) in [4.78, 5) is 11.1. The molecule has 0 amide bonds. The number of aliphatic carboxylic acids is 1. The number of carboxylic acids is 1. The van der Waals surface area contributed by atoms with Gasteiger partial charge in [-0.05, 0) is 12.1 Å². The normalized spacial score (nSPS) is 8.67. The molecule has 0 unspecified atom stereocenters. The molecule has 0 atom stereocenters. The molecule has 0 saturated heterocycles. The van der Waals surface area contributed by atoms with Crippen molar-refractivity contribution in [1.29, 1.82) is 0 Å². The van der Waals surface area contributed by atoms with Crippen molar-refractivity contribution in [3.63, 3.8) is 0 Å². The monoisotopic (exact) mass is 208 g/mol. The van der Waals surface area contributed by atoms with Crippen LogP contribution in [-0.4, -0.2) is 68.2 Å². The number of rotatable bonds is 3. The molecule has 0 heterocycles. The van der Waals surface area contributed by atoms with E-state index < -0.39 is 5.97 Å². The molecule has 1 aromatic carbocycles. The first-order chi connectivity index (χ1) is 5.29. The van der Waals surface area contributed by atoms with E-state index in [4.69, 9.17) is 5.11 Å². The van der Waals surface area contributed by atoms with E-state index in [1.54, 1.807) is 0 Å². The SMILES string of the molecule is O=C(O)CSc1ccccc1.[KH]. The molecule has 0 spiro atoms. The van der Waals surface area contributed by atoms with E-state index in [9.17, 15) is 4.79 Å². The Hall–Kier alpha value is 0.676. The van der Waals surface area contributed by atoms with Gasteiger partial charge in [-0.1, -0.05) is 18.2 Å². The molecular weight excluding hydrogens is 199 g/mol. The standard InChI is InChI=1S/C8H8O2S.K.H/c9-8(10)6-11-7-4-2-1-3-5-7;;/h1-5H,6H2,(H,9,10);;. The van der Waals surface area contributed by atoms with Crippen molar-refractivity contribution in [2.45, 2.75) is 4.90 Å². The van der Waals surface area contributed by atoms with Crippen LogP contribution >= 0.6 is 11.8 Å². The molecule has 60 valence electrons. The quantitative estimate of drug-likeness (QED) is 0.599. The minimum atomic E-state index is -0.779. The van der Waals surface area contributed by atoms with E-state index in [0.717, 1.165) is 4.90 Å². The van der Waals surface area contributed by atoms with Crippen molar-refractivity contribution in [3.8, 4) is 0 Å². The van der Waals surface area contributed by atoms with E-state index in [2.05, 4.69) is 0 Å². The summed E-state index contributed by atoms with van der Waals surface area (Å²) in [6, 6.07) is 9.49. The Labute approximate surface area is 118 Å². The Morgan fingerprint density at radius 1 is 1.33 bits per heavy atom. The van der Waals surface area contributed by atoms with Gasteiger partial charge >= 0.3 is 57.4 Å². The van der Waals surface area contributed by atoms with Crippen LogP contribution < -0.4 is 0 Å². The first kappa shape index (κ1) is 12.7.